The maximum Gasteiger partial charge on any atom is 0.321 e. The minimum absolute atomic E-state index is 0.000253. The Bertz CT molecular complexity index is 1040. The number of amides is 2. The number of nitrogens with two attached hydrogens (primary N) is 1. The Labute approximate surface area is 297 Å². The maximum atomic E-state index is 12.6. The van der Waals surface area contributed by atoms with Crippen molar-refractivity contribution in [3.63, 3.8) is 0 Å². The topological polar surface area (TPSA) is 214 Å². The summed E-state index contributed by atoms with van der Waals surface area (Å²) in [6, 6.07) is -1.10. The monoisotopic (exact) mass is 737 g/mol. The van der Waals surface area contributed by atoms with Crippen molar-refractivity contribution < 1.29 is 62.1 Å². The number of nitrogens with zero attached hydrogens (tertiary/aromatic N) is 4. The molecular formula is C31H55N5O13S. The molecule has 1 fully saturated rings. The third-order valence-corrected chi connectivity index (χ3v) is 8.01. The van der Waals surface area contributed by atoms with Crippen molar-refractivity contribution in [1.29, 1.82) is 0 Å². The molecule has 0 radical (unpaired) electrons. The van der Waals surface area contributed by atoms with Gasteiger partial charge in [-0.2, -0.15) is 0 Å². The number of rotatable bonds is 35. The number of likely N-dealkylation sites (tertiary alicyclic amines) is 1. The van der Waals surface area contributed by atoms with E-state index in [1.807, 2.05) is 0 Å². The van der Waals surface area contributed by atoms with Crippen molar-refractivity contribution in [3.05, 3.63) is 11.9 Å². The van der Waals surface area contributed by atoms with Gasteiger partial charge in [-0.15, -0.1) is 16.9 Å². The van der Waals surface area contributed by atoms with E-state index in [0.29, 0.717) is 125 Å². The van der Waals surface area contributed by atoms with Crippen LogP contribution >= 0.6 is 11.8 Å². The van der Waals surface area contributed by atoms with Crippen molar-refractivity contribution in [3.8, 4) is 0 Å². The molecule has 50 heavy (non-hydrogen) atoms. The van der Waals surface area contributed by atoms with Crippen LogP contribution in [-0.4, -0.2) is 179 Å². The number of carboxylic acids is 1. The fraction of sp³-hybridized carbons (Fsp3) is 0.839. The van der Waals surface area contributed by atoms with Gasteiger partial charge in [-0.25, -0.2) is 4.68 Å². The van der Waals surface area contributed by atoms with Gasteiger partial charge < -0.3 is 53.5 Å². The molecule has 3 N–H and O–H groups in total. The summed E-state index contributed by atoms with van der Waals surface area (Å²) in [5.41, 5.74) is 5.95. The van der Waals surface area contributed by atoms with Gasteiger partial charge in [-0.1, -0.05) is 12.1 Å². The highest BCUT2D eigenvalue weighted by Crippen LogP contribution is 2.26. The van der Waals surface area contributed by atoms with E-state index in [-0.39, 0.29) is 30.5 Å². The standard InChI is InChI=1S/C31H55N5O13S/c1-2-4-41-6-8-43-10-12-45-14-16-47-18-20-49-21-19-48-17-15-46-13-11-44-9-7-42-5-3-35-23-26(33-34-35)24-36-29(37)22-28(30(36)38)50-25-27(32)31(39)40/h23,27-28H,2-22,24-25,32H2,1H3,(H,39,40). The first kappa shape index (κ1) is 43.9. The highest BCUT2D eigenvalue weighted by Gasteiger charge is 2.39. The molecule has 2 unspecified atom stereocenters. The minimum atomic E-state index is -1.15. The largest absolute Gasteiger partial charge is 0.480 e. The van der Waals surface area contributed by atoms with E-state index < -0.39 is 17.3 Å². The maximum absolute atomic E-state index is 12.6. The second-order valence-electron chi connectivity index (χ2n) is 10.8. The van der Waals surface area contributed by atoms with Crippen LogP contribution in [0.1, 0.15) is 25.5 Å². The minimum Gasteiger partial charge on any atom is -0.480 e. The van der Waals surface area contributed by atoms with Crippen LogP contribution < -0.4 is 5.73 Å². The zero-order valence-electron chi connectivity index (χ0n) is 29.1. The molecule has 1 aromatic heterocycles. The summed E-state index contributed by atoms with van der Waals surface area (Å²) in [4.78, 5) is 36.9. The van der Waals surface area contributed by atoms with Crippen molar-refractivity contribution in [2.45, 2.75) is 44.1 Å². The summed E-state index contributed by atoms with van der Waals surface area (Å²) in [7, 11) is 0. The molecular weight excluding hydrogens is 682 g/mol. The quantitative estimate of drug-likeness (QED) is 0.0670. The molecule has 1 aliphatic heterocycles. The van der Waals surface area contributed by atoms with Gasteiger partial charge in [0.1, 0.15) is 11.7 Å². The van der Waals surface area contributed by atoms with Crippen LogP contribution in [0.2, 0.25) is 0 Å². The van der Waals surface area contributed by atoms with E-state index in [9.17, 15) is 14.4 Å². The molecule has 2 atom stereocenters. The number of hydrogen-bond donors (Lipinski definition) is 2. The molecule has 18 nitrogen and oxygen atoms in total. The zero-order chi connectivity index (χ0) is 36.1. The number of ether oxygens (including phenoxy) is 9. The Balaban J connectivity index is 1.30. The molecule has 1 aliphatic rings. The van der Waals surface area contributed by atoms with Gasteiger partial charge in [-0.05, 0) is 6.42 Å². The molecule has 0 spiro atoms. The van der Waals surface area contributed by atoms with Crippen LogP contribution in [0.3, 0.4) is 0 Å². The van der Waals surface area contributed by atoms with Gasteiger partial charge in [0.05, 0.1) is 137 Å². The van der Waals surface area contributed by atoms with Gasteiger partial charge in [0.2, 0.25) is 11.8 Å². The molecule has 19 heteroatoms. The van der Waals surface area contributed by atoms with E-state index in [2.05, 4.69) is 17.2 Å². The second kappa shape index (κ2) is 29.3. The van der Waals surface area contributed by atoms with Crippen molar-refractivity contribution >= 4 is 29.5 Å². The van der Waals surface area contributed by atoms with E-state index in [4.69, 9.17) is 53.5 Å². The van der Waals surface area contributed by atoms with Crippen LogP contribution in [0, 0.1) is 0 Å². The highest BCUT2D eigenvalue weighted by atomic mass is 32.2. The van der Waals surface area contributed by atoms with E-state index in [1.165, 1.54) is 0 Å². The Morgan fingerprint density at radius 2 is 1.20 bits per heavy atom. The van der Waals surface area contributed by atoms with Crippen LogP contribution in [0.5, 0.6) is 0 Å². The number of aromatic nitrogens is 3. The Morgan fingerprint density at radius 3 is 1.62 bits per heavy atom. The normalized spacial score (nSPS) is 15.4. The van der Waals surface area contributed by atoms with Crippen LogP contribution in [0.25, 0.3) is 0 Å². The molecule has 2 heterocycles. The lowest BCUT2D eigenvalue weighted by atomic mass is 10.3. The fourth-order valence-corrected chi connectivity index (χ4v) is 5.20. The predicted molar refractivity (Wildman–Crippen MR) is 180 cm³/mol. The molecule has 0 saturated carbocycles. The molecule has 2 amide bonds. The number of aliphatic carboxylic acids is 1. The first-order chi connectivity index (χ1) is 24.4. The fourth-order valence-electron chi connectivity index (χ4n) is 4.09. The Kier molecular flexibility index (Phi) is 25.7. The SMILES string of the molecule is CCCOCCOCCOCCOCCOCCOCCOCCOCCOCCn1cc(CN2C(=O)CC(SCC(N)C(=O)O)C2=O)nn1. The van der Waals surface area contributed by atoms with E-state index >= 15 is 0 Å². The van der Waals surface area contributed by atoms with Gasteiger partial charge in [-0.3, -0.25) is 19.3 Å². The van der Waals surface area contributed by atoms with E-state index in [1.54, 1.807) is 10.9 Å². The molecule has 0 bridgehead atoms. The number of carbonyl (C=O) groups excluding carboxylic acids is 2. The van der Waals surface area contributed by atoms with Crippen molar-refractivity contribution in [2.75, 3.05) is 125 Å². The van der Waals surface area contributed by atoms with E-state index in [0.717, 1.165) is 29.7 Å². The summed E-state index contributed by atoms with van der Waals surface area (Å²) in [6.45, 7) is 11.5. The first-order valence-electron chi connectivity index (χ1n) is 16.9. The summed E-state index contributed by atoms with van der Waals surface area (Å²) < 4.78 is 50.7. The summed E-state index contributed by atoms with van der Waals surface area (Å²) in [5, 5.41) is 16.3. The first-order valence-corrected chi connectivity index (χ1v) is 18.0. The number of hydrogen-bond acceptors (Lipinski definition) is 16. The van der Waals surface area contributed by atoms with Crippen molar-refractivity contribution in [2.24, 2.45) is 5.73 Å². The lowest BCUT2D eigenvalue weighted by Gasteiger charge is -2.13. The summed E-state index contributed by atoms with van der Waals surface area (Å²) in [5.74, 6) is -1.83. The molecule has 1 aromatic rings. The smallest absolute Gasteiger partial charge is 0.321 e. The average Bonchev–Trinajstić information content (AvgIpc) is 3.67. The lowest BCUT2D eigenvalue weighted by molar-refractivity contribution is -0.139. The zero-order valence-corrected chi connectivity index (χ0v) is 29.9. The van der Waals surface area contributed by atoms with Crippen LogP contribution in [0.15, 0.2) is 6.20 Å². The third-order valence-electron chi connectivity index (χ3n) is 6.69. The molecule has 1 saturated heterocycles. The highest BCUT2D eigenvalue weighted by molar-refractivity contribution is 8.00. The van der Waals surface area contributed by atoms with Gasteiger partial charge >= 0.3 is 5.97 Å². The summed E-state index contributed by atoms with van der Waals surface area (Å²) in [6.07, 6.45) is 2.66. The molecule has 2 rings (SSSR count). The number of imide groups is 1. The number of carboxylic acid groups (broad SMARTS) is 1. The third kappa shape index (κ3) is 21.2. The molecule has 0 aliphatic carbocycles. The van der Waals surface area contributed by atoms with Gasteiger partial charge in [0.15, 0.2) is 0 Å². The van der Waals surface area contributed by atoms with Gasteiger partial charge in [0, 0.05) is 18.8 Å². The Morgan fingerprint density at radius 1 is 0.780 bits per heavy atom. The molecule has 288 valence electrons. The Hall–Kier alpha value is -2.30. The predicted octanol–water partition coefficient (Wildman–Crippen LogP) is -0.390. The van der Waals surface area contributed by atoms with Crippen molar-refractivity contribution in [1.82, 2.24) is 19.9 Å². The second-order valence-corrected chi connectivity index (χ2v) is 12.0. The number of thioether (sulfide) groups is 1. The van der Waals surface area contributed by atoms with Crippen LogP contribution in [-0.2, 0) is 70.1 Å². The number of carbonyl (C=O) groups is 3. The lowest BCUT2D eigenvalue weighted by Crippen LogP contribution is -2.34. The summed E-state index contributed by atoms with van der Waals surface area (Å²) >= 11 is 1.07. The average molecular weight is 738 g/mol. The van der Waals surface area contributed by atoms with Crippen LogP contribution in [0.4, 0.5) is 0 Å². The van der Waals surface area contributed by atoms with Gasteiger partial charge in [0.25, 0.3) is 0 Å². The molecule has 0 aromatic carbocycles.